The number of nitrogens with zero attached hydrogens (tertiary/aromatic N) is 3. The summed E-state index contributed by atoms with van der Waals surface area (Å²) in [6, 6.07) is 0.229. The molecular weight excluding hydrogens is 308 g/mol. The molecule has 0 aromatic heterocycles. The lowest BCUT2D eigenvalue weighted by atomic mass is 10.2. The zero-order valence-electron chi connectivity index (χ0n) is 15.3. The van der Waals surface area contributed by atoms with Gasteiger partial charge in [0, 0.05) is 45.3 Å². The minimum absolute atomic E-state index is 0.0937. The lowest BCUT2D eigenvalue weighted by molar-refractivity contribution is -0.140. The Kier molecular flexibility index (Phi) is 7.45. The Balaban J connectivity index is 1.67. The van der Waals surface area contributed by atoms with Crippen molar-refractivity contribution in [2.45, 2.75) is 39.3 Å². The molecule has 24 heavy (non-hydrogen) atoms. The van der Waals surface area contributed by atoms with Crippen LogP contribution in [0.5, 0.6) is 0 Å². The van der Waals surface area contributed by atoms with Gasteiger partial charge < -0.3 is 15.0 Å². The summed E-state index contributed by atoms with van der Waals surface area (Å²) in [7, 11) is 0. The van der Waals surface area contributed by atoms with E-state index in [1.54, 1.807) is 0 Å². The molecule has 2 amide bonds. The van der Waals surface area contributed by atoms with Gasteiger partial charge in [-0.15, -0.1) is 0 Å². The van der Waals surface area contributed by atoms with Crippen LogP contribution in [0.25, 0.3) is 0 Å². The molecule has 7 nitrogen and oxygen atoms in total. The zero-order chi connectivity index (χ0) is 17.5. The highest BCUT2D eigenvalue weighted by atomic mass is 16.5. The first-order valence-corrected chi connectivity index (χ1v) is 9.11. The van der Waals surface area contributed by atoms with Gasteiger partial charge in [0.25, 0.3) is 0 Å². The summed E-state index contributed by atoms with van der Waals surface area (Å²) in [5.74, 6) is 0.282. The van der Waals surface area contributed by atoms with Crippen LogP contribution in [0, 0.1) is 0 Å². The molecule has 0 aromatic carbocycles. The van der Waals surface area contributed by atoms with Gasteiger partial charge >= 0.3 is 0 Å². The van der Waals surface area contributed by atoms with Crippen LogP contribution in [0.1, 0.15) is 27.2 Å². The first-order valence-electron chi connectivity index (χ1n) is 9.11. The summed E-state index contributed by atoms with van der Waals surface area (Å²) in [4.78, 5) is 30.6. The number of morpholine rings is 1. The molecule has 7 heteroatoms. The maximum Gasteiger partial charge on any atom is 0.236 e. The fourth-order valence-corrected chi connectivity index (χ4v) is 3.07. The molecular formula is C17H32N4O3. The lowest BCUT2D eigenvalue weighted by Crippen LogP contribution is -2.53. The predicted molar refractivity (Wildman–Crippen MR) is 92.8 cm³/mol. The number of ether oxygens (including phenoxy) is 1. The number of nitrogens with one attached hydrogen (secondary N) is 1. The quantitative estimate of drug-likeness (QED) is 0.723. The smallest absolute Gasteiger partial charge is 0.236 e. The maximum atomic E-state index is 12.4. The third kappa shape index (κ3) is 6.03. The molecule has 2 heterocycles. The number of carbonyl (C=O) groups is 2. The molecule has 0 radical (unpaired) electrons. The molecule has 2 atom stereocenters. The van der Waals surface area contributed by atoms with Crippen molar-refractivity contribution in [2.75, 3.05) is 59.0 Å². The molecule has 0 spiro atoms. The average Bonchev–Trinajstić information content (AvgIpc) is 2.56. The van der Waals surface area contributed by atoms with E-state index in [1.807, 2.05) is 18.7 Å². The Morgan fingerprint density at radius 3 is 2.33 bits per heavy atom. The Morgan fingerprint density at radius 1 is 1.12 bits per heavy atom. The SMILES string of the molecule is CCC(C)NC(=O)CN1CCN(CC(=O)N2CCOC(C)C2)CC1. The Morgan fingerprint density at radius 2 is 1.75 bits per heavy atom. The number of hydrogen-bond acceptors (Lipinski definition) is 5. The van der Waals surface area contributed by atoms with Gasteiger partial charge in [0.05, 0.1) is 25.8 Å². The molecule has 2 saturated heterocycles. The highest BCUT2D eigenvalue weighted by Crippen LogP contribution is 2.07. The van der Waals surface area contributed by atoms with Crippen molar-refractivity contribution in [2.24, 2.45) is 0 Å². The van der Waals surface area contributed by atoms with E-state index in [2.05, 4.69) is 22.0 Å². The summed E-state index contributed by atoms with van der Waals surface area (Å²) in [5.41, 5.74) is 0. The Hall–Kier alpha value is -1.18. The van der Waals surface area contributed by atoms with E-state index in [9.17, 15) is 9.59 Å². The number of hydrogen-bond donors (Lipinski definition) is 1. The zero-order valence-corrected chi connectivity index (χ0v) is 15.3. The number of carbonyl (C=O) groups excluding carboxylic acids is 2. The van der Waals surface area contributed by atoms with Crippen molar-refractivity contribution in [3.63, 3.8) is 0 Å². The summed E-state index contributed by atoms with van der Waals surface area (Å²) in [5, 5.41) is 3.00. The van der Waals surface area contributed by atoms with Gasteiger partial charge in [-0.1, -0.05) is 6.92 Å². The molecule has 2 aliphatic rings. The van der Waals surface area contributed by atoms with Crippen LogP contribution in [0.15, 0.2) is 0 Å². The van der Waals surface area contributed by atoms with Crippen molar-refractivity contribution in [1.82, 2.24) is 20.0 Å². The van der Waals surface area contributed by atoms with Gasteiger partial charge in [-0.3, -0.25) is 19.4 Å². The summed E-state index contributed by atoms with van der Waals surface area (Å²) < 4.78 is 5.48. The highest BCUT2D eigenvalue weighted by molar-refractivity contribution is 5.79. The van der Waals surface area contributed by atoms with Crippen LogP contribution in [0.3, 0.4) is 0 Å². The summed E-state index contributed by atoms with van der Waals surface area (Å²) in [6.07, 6.45) is 1.07. The standard InChI is InChI=1S/C17H32N4O3/c1-4-14(2)18-16(22)12-19-5-7-20(8-6-19)13-17(23)21-9-10-24-15(3)11-21/h14-15H,4-13H2,1-3H3,(H,18,22). The second-order valence-corrected chi connectivity index (χ2v) is 6.95. The number of piperazine rings is 1. The van der Waals surface area contributed by atoms with E-state index in [-0.39, 0.29) is 24.0 Å². The van der Waals surface area contributed by atoms with Crippen LogP contribution >= 0.6 is 0 Å². The maximum absolute atomic E-state index is 12.4. The number of rotatable bonds is 6. The molecule has 0 aromatic rings. The second-order valence-electron chi connectivity index (χ2n) is 6.95. The average molecular weight is 340 g/mol. The van der Waals surface area contributed by atoms with Crippen LogP contribution < -0.4 is 5.32 Å². The summed E-state index contributed by atoms with van der Waals surface area (Å²) in [6.45, 7) is 12.4. The Labute approximate surface area is 145 Å². The van der Waals surface area contributed by atoms with Gasteiger partial charge in [-0.05, 0) is 20.3 Å². The molecule has 138 valence electrons. The minimum atomic E-state index is 0.0937. The van der Waals surface area contributed by atoms with E-state index in [0.717, 1.165) is 32.6 Å². The number of amides is 2. The van der Waals surface area contributed by atoms with Crippen LogP contribution in [-0.2, 0) is 14.3 Å². The van der Waals surface area contributed by atoms with Gasteiger partial charge in [0.2, 0.25) is 11.8 Å². The third-order valence-electron chi connectivity index (χ3n) is 4.80. The first-order chi connectivity index (χ1) is 11.5. The summed E-state index contributed by atoms with van der Waals surface area (Å²) >= 11 is 0. The van der Waals surface area contributed by atoms with Crippen molar-refractivity contribution in [1.29, 1.82) is 0 Å². The third-order valence-corrected chi connectivity index (χ3v) is 4.80. The molecule has 2 rings (SSSR count). The normalized spacial score (nSPS) is 24.6. The highest BCUT2D eigenvalue weighted by Gasteiger charge is 2.25. The van der Waals surface area contributed by atoms with Gasteiger partial charge in [-0.2, -0.15) is 0 Å². The fraction of sp³-hybridized carbons (Fsp3) is 0.882. The monoisotopic (exact) mass is 340 g/mol. The van der Waals surface area contributed by atoms with Crippen LogP contribution in [-0.4, -0.2) is 97.6 Å². The van der Waals surface area contributed by atoms with Crippen molar-refractivity contribution in [3.8, 4) is 0 Å². The van der Waals surface area contributed by atoms with E-state index in [4.69, 9.17) is 4.74 Å². The first kappa shape index (κ1) is 19.1. The molecule has 2 unspecified atom stereocenters. The molecule has 0 aliphatic carbocycles. The predicted octanol–water partition coefficient (Wildman–Crippen LogP) is -0.234. The molecule has 2 fully saturated rings. The molecule has 1 N–H and O–H groups in total. The van der Waals surface area contributed by atoms with Crippen molar-refractivity contribution < 1.29 is 14.3 Å². The molecule has 0 saturated carbocycles. The van der Waals surface area contributed by atoms with Crippen LogP contribution in [0.2, 0.25) is 0 Å². The fourth-order valence-electron chi connectivity index (χ4n) is 3.07. The lowest BCUT2D eigenvalue weighted by Gasteiger charge is -2.36. The van der Waals surface area contributed by atoms with Crippen molar-refractivity contribution in [3.05, 3.63) is 0 Å². The topological polar surface area (TPSA) is 65.1 Å². The Bertz CT molecular complexity index is 424. The van der Waals surface area contributed by atoms with Gasteiger partial charge in [0.15, 0.2) is 0 Å². The van der Waals surface area contributed by atoms with Crippen molar-refractivity contribution >= 4 is 11.8 Å². The molecule has 0 bridgehead atoms. The van der Waals surface area contributed by atoms with E-state index >= 15 is 0 Å². The van der Waals surface area contributed by atoms with Gasteiger partial charge in [-0.25, -0.2) is 0 Å². The minimum Gasteiger partial charge on any atom is -0.375 e. The van der Waals surface area contributed by atoms with E-state index in [1.165, 1.54) is 0 Å². The van der Waals surface area contributed by atoms with Gasteiger partial charge in [0.1, 0.15) is 0 Å². The second kappa shape index (κ2) is 9.34. The van der Waals surface area contributed by atoms with Crippen LogP contribution in [0.4, 0.5) is 0 Å². The molecule has 2 aliphatic heterocycles. The largest absolute Gasteiger partial charge is 0.375 e. The van der Waals surface area contributed by atoms with E-state index < -0.39 is 0 Å². The van der Waals surface area contributed by atoms with E-state index in [0.29, 0.717) is 32.8 Å².